The molecule has 1 N–H and O–H groups in total. The zero-order valence-electron chi connectivity index (χ0n) is 16.4. The van der Waals surface area contributed by atoms with E-state index >= 15 is 0 Å². The van der Waals surface area contributed by atoms with Crippen LogP contribution in [0, 0.1) is 5.92 Å². The van der Waals surface area contributed by atoms with E-state index in [0.717, 1.165) is 10.6 Å². The van der Waals surface area contributed by atoms with E-state index in [4.69, 9.17) is 9.47 Å². The minimum absolute atomic E-state index is 0.107. The fourth-order valence-electron chi connectivity index (χ4n) is 3.17. The molecule has 2 aromatic rings. The van der Waals surface area contributed by atoms with Crippen LogP contribution < -0.4 is 15.0 Å². The van der Waals surface area contributed by atoms with Gasteiger partial charge in [0.2, 0.25) is 11.8 Å². The standard InChI is InChI=1S/C21H22N2O5S/c1-27-15-6-9-18(17(11-15)21(26)28-2)22-20(25)13-10-19(24)23(12-13)14-4-7-16(29-3)8-5-14/h4-9,11,13H,10,12H2,1-3H3,(H,22,25). The molecule has 1 unspecified atom stereocenters. The molecule has 29 heavy (non-hydrogen) atoms. The lowest BCUT2D eigenvalue weighted by Gasteiger charge is -2.17. The van der Waals surface area contributed by atoms with E-state index in [-0.39, 0.29) is 30.3 Å². The summed E-state index contributed by atoms with van der Waals surface area (Å²) in [5, 5.41) is 2.75. The summed E-state index contributed by atoms with van der Waals surface area (Å²) in [5.74, 6) is -1.06. The number of benzene rings is 2. The topological polar surface area (TPSA) is 84.9 Å². The first kappa shape index (κ1) is 20.7. The number of nitrogens with zero attached hydrogens (tertiary/aromatic N) is 1. The Labute approximate surface area is 173 Å². The fourth-order valence-corrected chi connectivity index (χ4v) is 3.58. The Hall–Kier alpha value is -3.00. The molecule has 0 aliphatic carbocycles. The third-order valence-corrected chi connectivity index (χ3v) is 5.51. The number of hydrogen-bond donors (Lipinski definition) is 1. The van der Waals surface area contributed by atoms with Gasteiger partial charge in [0.25, 0.3) is 0 Å². The van der Waals surface area contributed by atoms with Crippen LogP contribution in [-0.2, 0) is 14.3 Å². The van der Waals surface area contributed by atoms with Gasteiger partial charge >= 0.3 is 5.97 Å². The minimum Gasteiger partial charge on any atom is -0.497 e. The van der Waals surface area contributed by atoms with E-state index in [1.54, 1.807) is 28.8 Å². The van der Waals surface area contributed by atoms with Crippen LogP contribution in [0.1, 0.15) is 16.8 Å². The lowest BCUT2D eigenvalue weighted by atomic mass is 10.1. The van der Waals surface area contributed by atoms with Crippen molar-refractivity contribution >= 4 is 40.9 Å². The van der Waals surface area contributed by atoms with Gasteiger partial charge in [0.15, 0.2) is 0 Å². The second kappa shape index (κ2) is 9.00. The van der Waals surface area contributed by atoms with Crippen molar-refractivity contribution in [3.05, 3.63) is 48.0 Å². The van der Waals surface area contributed by atoms with E-state index in [1.807, 2.05) is 30.5 Å². The summed E-state index contributed by atoms with van der Waals surface area (Å²) in [4.78, 5) is 40.0. The Morgan fingerprint density at radius 3 is 2.48 bits per heavy atom. The molecule has 1 fully saturated rings. The van der Waals surface area contributed by atoms with Crippen LogP contribution in [0.25, 0.3) is 0 Å². The molecule has 0 radical (unpaired) electrons. The first-order valence-electron chi connectivity index (χ1n) is 8.98. The van der Waals surface area contributed by atoms with E-state index < -0.39 is 11.9 Å². The van der Waals surface area contributed by atoms with Gasteiger partial charge in [-0.05, 0) is 48.7 Å². The molecule has 1 aliphatic heterocycles. The normalized spacial score (nSPS) is 15.9. The lowest BCUT2D eigenvalue weighted by Crippen LogP contribution is -2.28. The number of hydrogen-bond acceptors (Lipinski definition) is 6. The summed E-state index contributed by atoms with van der Waals surface area (Å²) in [6.07, 6.45) is 2.10. The SMILES string of the molecule is COC(=O)c1cc(OC)ccc1NC(=O)C1CC(=O)N(c2ccc(SC)cc2)C1. The molecular formula is C21H22N2O5S. The van der Waals surface area contributed by atoms with Crippen molar-refractivity contribution < 1.29 is 23.9 Å². The quantitative estimate of drug-likeness (QED) is 0.577. The van der Waals surface area contributed by atoms with Crippen molar-refractivity contribution in [1.82, 2.24) is 0 Å². The van der Waals surface area contributed by atoms with Gasteiger partial charge in [0, 0.05) is 23.5 Å². The summed E-state index contributed by atoms with van der Waals surface area (Å²) in [5.41, 5.74) is 1.27. The van der Waals surface area contributed by atoms with Crippen LogP contribution in [0.5, 0.6) is 5.75 Å². The van der Waals surface area contributed by atoms with Gasteiger partial charge in [-0.3, -0.25) is 9.59 Å². The second-order valence-electron chi connectivity index (χ2n) is 6.50. The fraction of sp³-hybridized carbons (Fsp3) is 0.286. The molecule has 3 rings (SSSR count). The highest BCUT2D eigenvalue weighted by Gasteiger charge is 2.35. The predicted molar refractivity (Wildman–Crippen MR) is 112 cm³/mol. The van der Waals surface area contributed by atoms with Gasteiger partial charge in [-0.2, -0.15) is 0 Å². The molecule has 0 aromatic heterocycles. The molecule has 0 spiro atoms. The van der Waals surface area contributed by atoms with Crippen LogP contribution in [0.3, 0.4) is 0 Å². The average Bonchev–Trinajstić information content (AvgIpc) is 3.15. The van der Waals surface area contributed by atoms with Gasteiger partial charge in [-0.25, -0.2) is 4.79 Å². The summed E-state index contributed by atoms with van der Waals surface area (Å²) < 4.78 is 9.91. The van der Waals surface area contributed by atoms with Gasteiger partial charge in [0.05, 0.1) is 31.4 Å². The molecule has 152 valence electrons. The minimum atomic E-state index is -0.586. The highest BCUT2D eigenvalue weighted by Crippen LogP contribution is 2.29. The number of esters is 1. The van der Waals surface area contributed by atoms with E-state index in [9.17, 15) is 14.4 Å². The Morgan fingerprint density at radius 1 is 1.14 bits per heavy atom. The largest absolute Gasteiger partial charge is 0.497 e. The van der Waals surface area contributed by atoms with Crippen molar-refractivity contribution in [2.75, 3.05) is 37.2 Å². The Bertz CT molecular complexity index is 929. The van der Waals surface area contributed by atoms with Crippen molar-refractivity contribution in [2.24, 2.45) is 5.92 Å². The Morgan fingerprint density at radius 2 is 1.86 bits per heavy atom. The van der Waals surface area contributed by atoms with E-state index in [1.165, 1.54) is 20.3 Å². The number of carbonyl (C=O) groups excluding carboxylic acids is 3. The number of amides is 2. The van der Waals surface area contributed by atoms with E-state index in [2.05, 4.69) is 5.32 Å². The number of nitrogens with one attached hydrogen (secondary N) is 1. The second-order valence-corrected chi connectivity index (χ2v) is 7.38. The van der Waals surface area contributed by atoms with E-state index in [0.29, 0.717) is 11.4 Å². The molecular weight excluding hydrogens is 392 g/mol. The first-order valence-corrected chi connectivity index (χ1v) is 10.2. The molecule has 8 heteroatoms. The molecule has 1 aliphatic rings. The summed E-state index contributed by atoms with van der Waals surface area (Å²) in [6, 6.07) is 12.4. The number of rotatable bonds is 6. The third kappa shape index (κ3) is 4.54. The maximum Gasteiger partial charge on any atom is 0.340 e. The summed E-state index contributed by atoms with van der Waals surface area (Å²) in [7, 11) is 2.75. The van der Waals surface area contributed by atoms with Crippen molar-refractivity contribution in [3.63, 3.8) is 0 Å². The smallest absolute Gasteiger partial charge is 0.340 e. The highest BCUT2D eigenvalue weighted by molar-refractivity contribution is 7.98. The number of ether oxygens (including phenoxy) is 2. The monoisotopic (exact) mass is 414 g/mol. The molecule has 2 amide bonds. The van der Waals surface area contributed by atoms with Gasteiger partial charge in [-0.1, -0.05) is 0 Å². The zero-order valence-corrected chi connectivity index (χ0v) is 17.2. The Kier molecular flexibility index (Phi) is 6.43. The molecule has 1 atom stereocenters. The molecule has 2 aromatic carbocycles. The van der Waals surface area contributed by atoms with Crippen LogP contribution in [-0.4, -0.2) is 44.8 Å². The van der Waals surface area contributed by atoms with Crippen LogP contribution in [0.4, 0.5) is 11.4 Å². The number of thioether (sulfide) groups is 1. The summed E-state index contributed by atoms with van der Waals surface area (Å²) >= 11 is 1.62. The maximum absolute atomic E-state index is 12.8. The van der Waals surface area contributed by atoms with Gasteiger partial charge < -0.3 is 19.7 Å². The summed E-state index contributed by atoms with van der Waals surface area (Å²) in [6.45, 7) is 0.285. The number of methoxy groups -OCH3 is 2. The van der Waals surface area contributed by atoms with Crippen molar-refractivity contribution in [1.29, 1.82) is 0 Å². The number of carbonyl (C=O) groups is 3. The molecule has 0 saturated carbocycles. The molecule has 7 nitrogen and oxygen atoms in total. The van der Waals surface area contributed by atoms with Gasteiger partial charge in [-0.15, -0.1) is 11.8 Å². The average molecular weight is 414 g/mol. The van der Waals surface area contributed by atoms with Crippen molar-refractivity contribution in [2.45, 2.75) is 11.3 Å². The lowest BCUT2D eigenvalue weighted by molar-refractivity contribution is -0.122. The number of anilines is 2. The van der Waals surface area contributed by atoms with Crippen LogP contribution in [0.15, 0.2) is 47.4 Å². The third-order valence-electron chi connectivity index (χ3n) is 4.77. The first-order chi connectivity index (χ1) is 14.0. The van der Waals surface area contributed by atoms with Crippen LogP contribution >= 0.6 is 11.8 Å². The maximum atomic E-state index is 12.8. The molecule has 1 saturated heterocycles. The highest BCUT2D eigenvalue weighted by atomic mass is 32.2. The van der Waals surface area contributed by atoms with Gasteiger partial charge in [0.1, 0.15) is 5.75 Å². The molecule has 1 heterocycles. The zero-order chi connectivity index (χ0) is 21.0. The predicted octanol–water partition coefficient (Wildman–Crippen LogP) is 3.20. The van der Waals surface area contributed by atoms with Crippen LogP contribution in [0.2, 0.25) is 0 Å². The van der Waals surface area contributed by atoms with Crippen molar-refractivity contribution in [3.8, 4) is 5.75 Å². The Balaban J connectivity index is 1.74. The molecule has 0 bridgehead atoms.